The fourth-order valence-corrected chi connectivity index (χ4v) is 2.94. The maximum atomic E-state index is 11.8. The second-order valence-corrected chi connectivity index (χ2v) is 5.28. The van der Waals surface area contributed by atoms with Crippen LogP contribution in [0, 0.1) is 0 Å². The van der Waals surface area contributed by atoms with Crippen molar-refractivity contribution >= 4 is 34.7 Å². The maximum absolute atomic E-state index is 11.8. The minimum absolute atomic E-state index is 0.00503. The molecule has 17 heavy (non-hydrogen) atoms. The van der Waals surface area contributed by atoms with Crippen LogP contribution in [0.25, 0.3) is 0 Å². The summed E-state index contributed by atoms with van der Waals surface area (Å²) in [6, 6.07) is 4.13. The van der Waals surface area contributed by atoms with E-state index in [4.69, 9.17) is 0 Å². The van der Waals surface area contributed by atoms with E-state index in [1.807, 2.05) is 13.0 Å². The minimum Gasteiger partial charge on any atom is -0.355 e. The van der Waals surface area contributed by atoms with Gasteiger partial charge in [-0.2, -0.15) is 0 Å². The van der Waals surface area contributed by atoms with Crippen molar-refractivity contribution < 1.29 is 4.79 Å². The zero-order chi connectivity index (χ0) is 12.0. The van der Waals surface area contributed by atoms with Gasteiger partial charge in [0.25, 0.3) is 0 Å². The summed E-state index contributed by atoms with van der Waals surface area (Å²) in [4.78, 5) is 11.8. The fraction of sp³-hybridized carbons (Fsp3) is 0.417. The van der Waals surface area contributed by atoms with E-state index in [1.165, 1.54) is 0 Å². The molecule has 2 unspecified atom stereocenters. The first-order valence-electron chi connectivity index (χ1n) is 5.77. The molecule has 1 amide bonds. The van der Waals surface area contributed by atoms with Crippen molar-refractivity contribution in [1.29, 1.82) is 0 Å². The molecule has 0 fully saturated rings. The van der Waals surface area contributed by atoms with Gasteiger partial charge in [0.2, 0.25) is 5.91 Å². The highest BCUT2D eigenvalue weighted by atomic mass is 32.2. The van der Waals surface area contributed by atoms with Crippen molar-refractivity contribution in [3.05, 3.63) is 17.7 Å². The number of hydrogen-bond acceptors (Lipinski definition) is 4. The molecule has 3 N–H and O–H groups in total. The summed E-state index contributed by atoms with van der Waals surface area (Å²) < 4.78 is 0. The average molecular weight is 249 g/mol. The zero-order valence-electron chi connectivity index (χ0n) is 9.83. The van der Waals surface area contributed by atoms with Gasteiger partial charge < -0.3 is 16.0 Å². The number of hydrogen-bond donors (Lipinski definition) is 3. The van der Waals surface area contributed by atoms with Crippen LogP contribution in [0.15, 0.2) is 12.1 Å². The number of thioether (sulfide) groups is 1. The highest BCUT2D eigenvalue weighted by Gasteiger charge is 2.31. The standard InChI is InChI=1S/C12H15N3OS/c1-3-6-7-4-9-10(15-12(14-9)17-2)5-8(7)13-11(6)16/h4-6,12,14-15H,3H2,1-2H3,(H,13,16). The molecule has 0 radical (unpaired) electrons. The Morgan fingerprint density at radius 3 is 2.59 bits per heavy atom. The van der Waals surface area contributed by atoms with Crippen molar-refractivity contribution in [1.82, 2.24) is 0 Å². The Hall–Kier alpha value is -1.36. The van der Waals surface area contributed by atoms with Gasteiger partial charge in [-0.1, -0.05) is 6.92 Å². The van der Waals surface area contributed by atoms with Crippen LogP contribution in [-0.2, 0) is 4.79 Å². The Labute approximate surface area is 105 Å². The topological polar surface area (TPSA) is 53.2 Å². The van der Waals surface area contributed by atoms with Crippen LogP contribution in [-0.4, -0.2) is 17.7 Å². The number of carbonyl (C=O) groups is 1. The minimum atomic E-state index is 0.00503. The van der Waals surface area contributed by atoms with Crippen LogP contribution in [0.3, 0.4) is 0 Å². The van der Waals surface area contributed by atoms with Gasteiger partial charge in [-0.15, -0.1) is 11.8 Å². The molecule has 2 atom stereocenters. The van der Waals surface area contributed by atoms with Crippen LogP contribution < -0.4 is 16.0 Å². The highest BCUT2D eigenvalue weighted by Crippen LogP contribution is 2.42. The Morgan fingerprint density at radius 2 is 1.94 bits per heavy atom. The molecule has 0 bridgehead atoms. The van der Waals surface area contributed by atoms with E-state index in [0.717, 1.165) is 29.0 Å². The monoisotopic (exact) mass is 249 g/mol. The van der Waals surface area contributed by atoms with Crippen LogP contribution in [0.1, 0.15) is 24.8 Å². The van der Waals surface area contributed by atoms with Gasteiger partial charge in [-0.05, 0) is 30.4 Å². The van der Waals surface area contributed by atoms with Crippen molar-refractivity contribution in [3.63, 3.8) is 0 Å². The highest BCUT2D eigenvalue weighted by molar-refractivity contribution is 7.99. The number of carbonyl (C=O) groups excluding carboxylic acids is 1. The summed E-state index contributed by atoms with van der Waals surface area (Å²) >= 11 is 1.72. The lowest BCUT2D eigenvalue weighted by Crippen LogP contribution is -2.16. The first-order valence-corrected chi connectivity index (χ1v) is 7.06. The Bertz CT molecular complexity index is 489. The van der Waals surface area contributed by atoms with Crippen LogP contribution in [0.4, 0.5) is 17.1 Å². The van der Waals surface area contributed by atoms with E-state index >= 15 is 0 Å². The smallest absolute Gasteiger partial charge is 0.231 e. The molecule has 0 aromatic heterocycles. The molecule has 0 saturated heterocycles. The van der Waals surface area contributed by atoms with Gasteiger partial charge >= 0.3 is 0 Å². The van der Waals surface area contributed by atoms with Crippen LogP contribution in [0.2, 0.25) is 0 Å². The van der Waals surface area contributed by atoms with Crippen molar-refractivity contribution in [3.8, 4) is 0 Å². The number of fused-ring (bicyclic) bond motifs is 2. The largest absolute Gasteiger partial charge is 0.355 e. The van der Waals surface area contributed by atoms with Crippen LogP contribution >= 0.6 is 11.8 Å². The second-order valence-electron chi connectivity index (χ2n) is 4.34. The molecule has 3 rings (SSSR count). The molecule has 0 aliphatic carbocycles. The average Bonchev–Trinajstić information content (AvgIpc) is 2.84. The summed E-state index contributed by atoms with van der Waals surface area (Å²) in [5, 5.41) is 9.70. The van der Waals surface area contributed by atoms with E-state index < -0.39 is 0 Å². The predicted octanol–water partition coefficient (Wildman–Crippen LogP) is 2.62. The summed E-state index contributed by atoms with van der Waals surface area (Å²) in [5.74, 6) is 0.123. The van der Waals surface area contributed by atoms with E-state index in [1.54, 1.807) is 11.8 Å². The Morgan fingerprint density at radius 1 is 1.24 bits per heavy atom. The molecule has 2 aliphatic heterocycles. The second kappa shape index (κ2) is 3.84. The quantitative estimate of drug-likeness (QED) is 0.754. The fourth-order valence-electron chi connectivity index (χ4n) is 2.45. The molecule has 0 saturated carbocycles. The molecule has 90 valence electrons. The molecule has 4 nitrogen and oxygen atoms in total. The number of anilines is 3. The van der Waals surface area contributed by atoms with E-state index in [-0.39, 0.29) is 17.3 Å². The van der Waals surface area contributed by atoms with Crippen molar-refractivity contribution in [2.75, 3.05) is 22.2 Å². The van der Waals surface area contributed by atoms with Crippen molar-refractivity contribution in [2.45, 2.75) is 24.8 Å². The third-order valence-corrected chi connectivity index (χ3v) is 4.06. The molecule has 0 spiro atoms. The SMILES string of the molecule is CCC1C(=O)Nc2cc3c(cc21)NC(SC)N3. The predicted molar refractivity (Wildman–Crippen MR) is 72.7 cm³/mol. The molecule has 2 heterocycles. The molecule has 1 aromatic carbocycles. The summed E-state index contributed by atoms with van der Waals surface area (Å²) in [5.41, 5.74) is 4.46. The lowest BCUT2D eigenvalue weighted by atomic mass is 9.97. The number of benzene rings is 1. The third-order valence-electron chi connectivity index (χ3n) is 3.36. The molecular formula is C12H15N3OS. The maximum Gasteiger partial charge on any atom is 0.231 e. The Kier molecular flexibility index (Phi) is 2.43. The van der Waals surface area contributed by atoms with Gasteiger partial charge in [0.05, 0.1) is 17.3 Å². The molecule has 2 aliphatic rings. The summed E-state index contributed by atoms with van der Waals surface area (Å²) in [7, 11) is 0. The lowest BCUT2D eigenvalue weighted by Gasteiger charge is -2.07. The van der Waals surface area contributed by atoms with E-state index in [9.17, 15) is 4.79 Å². The first kappa shape index (κ1) is 10.8. The normalized spacial score (nSPS) is 24.7. The molecule has 5 heteroatoms. The van der Waals surface area contributed by atoms with Gasteiger partial charge in [0.15, 0.2) is 0 Å². The lowest BCUT2D eigenvalue weighted by molar-refractivity contribution is -0.117. The first-order chi connectivity index (χ1) is 8.22. The number of rotatable bonds is 2. The van der Waals surface area contributed by atoms with Crippen molar-refractivity contribution in [2.24, 2.45) is 0 Å². The number of amides is 1. The van der Waals surface area contributed by atoms with Gasteiger partial charge in [-0.25, -0.2) is 0 Å². The summed E-state index contributed by atoms with van der Waals surface area (Å²) in [6.45, 7) is 2.04. The summed E-state index contributed by atoms with van der Waals surface area (Å²) in [6.07, 6.45) is 2.90. The van der Waals surface area contributed by atoms with Gasteiger partial charge in [-0.3, -0.25) is 4.79 Å². The van der Waals surface area contributed by atoms with Gasteiger partial charge in [0, 0.05) is 5.69 Å². The molecular weight excluding hydrogens is 234 g/mol. The van der Waals surface area contributed by atoms with E-state index in [2.05, 4.69) is 28.3 Å². The number of nitrogens with one attached hydrogen (secondary N) is 3. The van der Waals surface area contributed by atoms with E-state index in [0.29, 0.717) is 0 Å². The van der Waals surface area contributed by atoms with Gasteiger partial charge in [0.1, 0.15) is 5.50 Å². The van der Waals surface area contributed by atoms with Crippen LogP contribution in [0.5, 0.6) is 0 Å². The zero-order valence-corrected chi connectivity index (χ0v) is 10.6. The third kappa shape index (κ3) is 1.57. The Balaban J connectivity index is 2.01. The molecule has 1 aromatic rings.